The SMILES string of the molecule is OC(Cc1ccccn1)(c1ccccc1)c1ccncc1. The van der Waals surface area contributed by atoms with E-state index < -0.39 is 5.60 Å². The maximum absolute atomic E-state index is 11.3. The van der Waals surface area contributed by atoms with Gasteiger partial charge in [-0.2, -0.15) is 0 Å². The van der Waals surface area contributed by atoms with E-state index >= 15 is 0 Å². The van der Waals surface area contributed by atoms with Crippen LogP contribution in [0.1, 0.15) is 16.8 Å². The Morgan fingerprint density at radius 2 is 1.43 bits per heavy atom. The zero-order chi connectivity index (χ0) is 14.5. The fourth-order valence-corrected chi connectivity index (χ4v) is 2.48. The van der Waals surface area contributed by atoms with Gasteiger partial charge in [0.1, 0.15) is 5.60 Å². The Hall–Kier alpha value is -2.52. The van der Waals surface area contributed by atoms with Crippen molar-refractivity contribution < 1.29 is 5.11 Å². The van der Waals surface area contributed by atoms with Gasteiger partial charge in [-0.15, -0.1) is 0 Å². The Labute approximate surface area is 124 Å². The Balaban J connectivity index is 2.07. The van der Waals surface area contributed by atoms with E-state index in [1.54, 1.807) is 18.6 Å². The van der Waals surface area contributed by atoms with Gasteiger partial charge in [0.25, 0.3) is 0 Å². The molecule has 0 amide bonds. The number of aromatic nitrogens is 2. The van der Waals surface area contributed by atoms with Crippen molar-refractivity contribution in [1.82, 2.24) is 9.97 Å². The Bertz CT molecular complexity index is 645. The van der Waals surface area contributed by atoms with Crippen molar-refractivity contribution in [2.75, 3.05) is 0 Å². The smallest absolute Gasteiger partial charge is 0.120 e. The van der Waals surface area contributed by atoms with Gasteiger partial charge in [0.05, 0.1) is 0 Å². The molecule has 21 heavy (non-hydrogen) atoms. The topological polar surface area (TPSA) is 46.0 Å². The van der Waals surface area contributed by atoms with Gasteiger partial charge in [0.2, 0.25) is 0 Å². The summed E-state index contributed by atoms with van der Waals surface area (Å²) in [6.07, 6.45) is 5.55. The summed E-state index contributed by atoms with van der Waals surface area (Å²) in [4.78, 5) is 8.37. The molecule has 3 aromatic rings. The van der Waals surface area contributed by atoms with Crippen molar-refractivity contribution in [3.8, 4) is 0 Å². The molecule has 0 aliphatic heterocycles. The standard InChI is InChI=1S/C18H16N2O/c21-18(15-6-2-1-3-7-15,16-9-12-19-13-10-16)14-17-8-4-5-11-20-17/h1-13,21H,14H2. The van der Waals surface area contributed by atoms with Crippen LogP contribution in [0.5, 0.6) is 0 Å². The highest BCUT2D eigenvalue weighted by Crippen LogP contribution is 2.32. The first-order chi connectivity index (χ1) is 10.3. The van der Waals surface area contributed by atoms with Gasteiger partial charge in [-0.05, 0) is 35.4 Å². The van der Waals surface area contributed by atoms with Crippen LogP contribution in [-0.2, 0) is 12.0 Å². The molecule has 0 radical (unpaired) electrons. The molecule has 3 heteroatoms. The highest BCUT2D eigenvalue weighted by Gasteiger charge is 2.32. The van der Waals surface area contributed by atoms with Gasteiger partial charge in [0, 0.05) is 30.7 Å². The molecule has 2 heterocycles. The molecule has 0 aliphatic carbocycles. The molecule has 0 bridgehead atoms. The van der Waals surface area contributed by atoms with E-state index in [4.69, 9.17) is 0 Å². The van der Waals surface area contributed by atoms with Gasteiger partial charge in [-0.1, -0.05) is 36.4 Å². The summed E-state index contributed by atoms with van der Waals surface area (Å²) in [5.41, 5.74) is 1.40. The highest BCUT2D eigenvalue weighted by molar-refractivity contribution is 5.36. The van der Waals surface area contributed by atoms with Crippen LogP contribution < -0.4 is 0 Å². The van der Waals surface area contributed by atoms with Crippen molar-refractivity contribution >= 4 is 0 Å². The molecule has 0 fully saturated rings. The highest BCUT2D eigenvalue weighted by atomic mass is 16.3. The summed E-state index contributed by atoms with van der Waals surface area (Å²) >= 11 is 0. The summed E-state index contributed by atoms with van der Waals surface area (Å²) in [5.74, 6) is 0. The van der Waals surface area contributed by atoms with Crippen LogP contribution in [-0.4, -0.2) is 15.1 Å². The second kappa shape index (κ2) is 5.85. The Morgan fingerprint density at radius 3 is 2.10 bits per heavy atom. The molecule has 0 aliphatic rings. The van der Waals surface area contributed by atoms with E-state index in [2.05, 4.69) is 9.97 Å². The monoisotopic (exact) mass is 276 g/mol. The Kier molecular flexibility index (Phi) is 3.75. The lowest BCUT2D eigenvalue weighted by atomic mass is 9.83. The van der Waals surface area contributed by atoms with Crippen molar-refractivity contribution in [3.63, 3.8) is 0 Å². The number of aliphatic hydroxyl groups is 1. The van der Waals surface area contributed by atoms with E-state index in [9.17, 15) is 5.11 Å². The van der Waals surface area contributed by atoms with Crippen molar-refractivity contribution in [3.05, 3.63) is 96.1 Å². The lowest BCUT2D eigenvalue weighted by Gasteiger charge is -2.29. The molecule has 1 unspecified atom stereocenters. The molecule has 1 atom stereocenters. The van der Waals surface area contributed by atoms with Crippen LogP contribution in [0.3, 0.4) is 0 Å². The number of rotatable bonds is 4. The minimum Gasteiger partial charge on any atom is -0.380 e. The number of nitrogens with zero attached hydrogens (tertiary/aromatic N) is 2. The molecule has 0 saturated carbocycles. The van der Waals surface area contributed by atoms with Gasteiger partial charge in [-0.3, -0.25) is 9.97 Å². The predicted molar refractivity (Wildman–Crippen MR) is 81.6 cm³/mol. The van der Waals surface area contributed by atoms with E-state index in [-0.39, 0.29) is 0 Å². The lowest BCUT2D eigenvalue weighted by Crippen LogP contribution is -2.30. The van der Waals surface area contributed by atoms with Gasteiger partial charge in [-0.25, -0.2) is 0 Å². The van der Waals surface area contributed by atoms with Crippen molar-refractivity contribution in [2.24, 2.45) is 0 Å². The van der Waals surface area contributed by atoms with Gasteiger partial charge < -0.3 is 5.11 Å². The molecule has 3 nitrogen and oxygen atoms in total. The van der Waals surface area contributed by atoms with Crippen LogP contribution in [0.25, 0.3) is 0 Å². The van der Waals surface area contributed by atoms with Gasteiger partial charge >= 0.3 is 0 Å². The number of hydrogen-bond acceptors (Lipinski definition) is 3. The second-order valence-corrected chi connectivity index (χ2v) is 4.96. The van der Waals surface area contributed by atoms with E-state index in [0.717, 1.165) is 16.8 Å². The first kappa shape index (κ1) is 13.5. The average molecular weight is 276 g/mol. The molecule has 104 valence electrons. The minimum absolute atomic E-state index is 0.419. The molecule has 0 saturated heterocycles. The van der Waals surface area contributed by atoms with Crippen molar-refractivity contribution in [2.45, 2.75) is 12.0 Å². The molecule has 3 rings (SSSR count). The summed E-state index contributed by atoms with van der Waals surface area (Å²) in [6, 6.07) is 19.1. The summed E-state index contributed by atoms with van der Waals surface area (Å²) in [7, 11) is 0. The van der Waals surface area contributed by atoms with Crippen LogP contribution in [0.2, 0.25) is 0 Å². The molecule has 2 aromatic heterocycles. The third kappa shape index (κ3) is 2.83. The predicted octanol–water partition coefficient (Wildman–Crippen LogP) is 2.96. The van der Waals surface area contributed by atoms with Crippen molar-refractivity contribution in [1.29, 1.82) is 0 Å². The first-order valence-electron chi connectivity index (χ1n) is 6.87. The molecular weight excluding hydrogens is 260 g/mol. The minimum atomic E-state index is -1.11. The largest absolute Gasteiger partial charge is 0.380 e. The third-order valence-corrected chi connectivity index (χ3v) is 3.57. The molecule has 1 N–H and O–H groups in total. The summed E-state index contributed by atoms with van der Waals surface area (Å²) in [6.45, 7) is 0. The lowest BCUT2D eigenvalue weighted by molar-refractivity contribution is 0.0800. The maximum atomic E-state index is 11.3. The normalized spacial score (nSPS) is 13.6. The first-order valence-corrected chi connectivity index (χ1v) is 6.87. The van der Waals surface area contributed by atoms with E-state index in [1.165, 1.54) is 0 Å². The fraction of sp³-hybridized carbons (Fsp3) is 0.111. The zero-order valence-electron chi connectivity index (χ0n) is 11.6. The molecule has 1 aromatic carbocycles. The summed E-state index contributed by atoms with van der Waals surface area (Å²) < 4.78 is 0. The van der Waals surface area contributed by atoms with Crippen LogP contribution >= 0.6 is 0 Å². The third-order valence-electron chi connectivity index (χ3n) is 3.57. The summed E-state index contributed by atoms with van der Waals surface area (Å²) in [5, 5.41) is 11.3. The van der Waals surface area contributed by atoms with E-state index in [0.29, 0.717) is 6.42 Å². The maximum Gasteiger partial charge on any atom is 0.120 e. The van der Waals surface area contributed by atoms with Crippen LogP contribution in [0.4, 0.5) is 0 Å². The fourth-order valence-electron chi connectivity index (χ4n) is 2.48. The average Bonchev–Trinajstić information content (AvgIpc) is 2.57. The van der Waals surface area contributed by atoms with Crippen LogP contribution in [0.15, 0.2) is 79.3 Å². The number of pyridine rings is 2. The van der Waals surface area contributed by atoms with E-state index in [1.807, 2.05) is 60.7 Å². The second-order valence-electron chi connectivity index (χ2n) is 4.96. The quantitative estimate of drug-likeness (QED) is 0.797. The number of benzene rings is 1. The number of hydrogen-bond donors (Lipinski definition) is 1. The van der Waals surface area contributed by atoms with Gasteiger partial charge in [0.15, 0.2) is 0 Å². The molecular formula is C18H16N2O. The van der Waals surface area contributed by atoms with Crippen LogP contribution in [0, 0.1) is 0 Å². The Morgan fingerprint density at radius 1 is 0.762 bits per heavy atom. The zero-order valence-corrected chi connectivity index (χ0v) is 11.6. The molecule has 0 spiro atoms.